The smallest absolute Gasteiger partial charge is 0.227 e. The third-order valence-corrected chi connectivity index (χ3v) is 3.39. The van der Waals surface area contributed by atoms with Crippen LogP contribution in [-0.4, -0.2) is 40.5 Å². The number of carbonyl (C=O) groups is 1. The number of nitrogens with one attached hydrogen (secondary N) is 3. The van der Waals surface area contributed by atoms with Gasteiger partial charge in [-0.15, -0.1) is 0 Å². The number of amides is 1. The zero-order valence-corrected chi connectivity index (χ0v) is 14.0. The van der Waals surface area contributed by atoms with Crippen LogP contribution in [0.15, 0.2) is 5.11 Å². The molecule has 1 aliphatic rings. The van der Waals surface area contributed by atoms with Crippen LogP contribution in [0.4, 0.5) is 23.3 Å². The zero-order valence-electron chi connectivity index (χ0n) is 14.0. The van der Waals surface area contributed by atoms with E-state index >= 15 is 0 Å². The molecule has 1 saturated heterocycles. The first kappa shape index (κ1) is 16.9. The van der Waals surface area contributed by atoms with Crippen molar-refractivity contribution in [3.05, 3.63) is 0 Å². The van der Waals surface area contributed by atoms with Gasteiger partial charge in [-0.1, -0.05) is 0 Å². The molecular weight excluding hydrogens is 296 g/mol. The quantitative estimate of drug-likeness (QED) is 0.623. The van der Waals surface area contributed by atoms with Gasteiger partial charge in [0.2, 0.25) is 11.9 Å². The van der Waals surface area contributed by atoms with Crippen molar-refractivity contribution < 1.29 is 4.79 Å². The van der Waals surface area contributed by atoms with E-state index in [2.05, 4.69) is 25.7 Å². The fourth-order valence-electron chi connectivity index (χ4n) is 2.54. The lowest BCUT2D eigenvalue weighted by Gasteiger charge is -2.24. The molecule has 2 heterocycles. The molecule has 2 rings (SSSR count). The maximum atomic E-state index is 11.2. The summed E-state index contributed by atoms with van der Waals surface area (Å²) < 4.78 is 0. The van der Waals surface area contributed by atoms with Crippen molar-refractivity contribution in [1.29, 1.82) is 5.53 Å². The molecule has 1 aromatic rings. The van der Waals surface area contributed by atoms with Gasteiger partial charge in [-0.05, 0) is 27.2 Å². The standard InChI is InChI=1S/C14H24N8O/c1-8(23)17-9-5-6-22(7-9)12-10(21-16)11(15)18-13(19-12)20-14(2,3)4/h9,16H,5-7H2,1-4H3,(H,17,23)(H3,15,18,19,20)/t9-/m0/s1. The second kappa shape index (κ2) is 6.35. The van der Waals surface area contributed by atoms with Gasteiger partial charge >= 0.3 is 0 Å². The lowest BCUT2D eigenvalue weighted by Crippen LogP contribution is -2.36. The van der Waals surface area contributed by atoms with E-state index in [4.69, 9.17) is 11.3 Å². The SMILES string of the molecule is CC(=O)N[C@H]1CCN(c2nc(NC(C)(C)C)nc(N)c2N=N)C1. The van der Waals surface area contributed by atoms with Gasteiger partial charge in [-0.25, -0.2) is 5.53 Å². The Morgan fingerprint density at radius 1 is 1.43 bits per heavy atom. The van der Waals surface area contributed by atoms with Gasteiger partial charge in [0.05, 0.1) is 0 Å². The summed E-state index contributed by atoms with van der Waals surface area (Å²) in [6.07, 6.45) is 0.808. The van der Waals surface area contributed by atoms with Crippen LogP contribution in [0.3, 0.4) is 0 Å². The first-order chi connectivity index (χ1) is 10.7. The Kier molecular flexibility index (Phi) is 4.67. The number of hydrogen-bond donors (Lipinski definition) is 4. The number of carbonyl (C=O) groups excluding carboxylic acids is 1. The Balaban J connectivity index is 2.29. The second-order valence-electron chi connectivity index (χ2n) is 6.72. The molecule has 0 aliphatic carbocycles. The van der Waals surface area contributed by atoms with Crippen LogP contribution in [0.5, 0.6) is 0 Å². The molecule has 1 aromatic heterocycles. The third-order valence-electron chi connectivity index (χ3n) is 3.39. The number of rotatable bonds is 4. The van der Waals surface area contributed by atoms with Gasteiger partial charge in [0, 0.05) is 31.6 Å². The van der Waals surface area contributed by atoms with E-state index in [0.29, 0.717) is 24.9 Å². The molecule has 0 spiro atoms. The number of aromatic nitrogens is 2. The minimum atomic E-state index is -0.215. The van der Waals surface area contributed by atoms with Crippen molar-refractivity contribution >= 4 is 29.2 Å². The van der Waals surface area contributed by atoms with Crippen molar-refractivity contribution in [3.8, 4) is 0 Å². The largest absolute Gasteiger partial charge is 0.382 e. The van der Waals surface area contributed by atoms with E-state index in [9.17, 15) is 4.79 Å². The molecule has 9 nitrogen and oxygen atoms in total. The summed E-state index contributed by atoms with van der Waals surface area (Å²) in [7, 11) is 0. The first-order valence-corrected chi connectivity index (χ1v) is 7.55. The lowest BCUT2D eigenvalue weighted by molar-refractivity contribution is -0.119. The average Bonchev–Trinajstić information content (AvgIpc) is 2.83. The molecule has 1 fully saturated rings. The summed E-state index contributed by atoms with van der Waals surface area (Å²) in [5.41, 5.74) is 13.3. The highest BCUT2D eigenvalue weighted by Gasteiger charge is 2.28. The van der Waals surface area contributed by atoms with E-state index in [1.807, 2.05) is 25.7 Å². The van der Waals surface area contributed by atoms with E-state index in [1.165, 1.54) is 6.92 Å². The molecule has 9 heteroatoms. The zero-order chi connectivity index (χ0) is 17.2. The Morgan fingerprint density at radius 3 is 2.70 bits per heavy atom. The van der Waals surface area contributed by atoms with Crippen molar-refractivity contribution in [3.63, 3.8) is 0 Å². The predicted molar refractivity (Wildman–Crippen MR) is 89.1 cm³/mol. The summed E-state index contributed by atoms with van der Waals surface area (Å²) in [6, 6.07) is 0.0568. The van der Waals surface area contributed by atoms with Crippen LogP contribution in [0, 0.1) is 5.53 Å². The normalized spacial score (nSPS) is 17.9. The topological polar surface area (TPSA) is 132 Å². The molecule has 0 aromatic carbocycles. The number of anilines is 3. The third kappa shape index (κ3) is 4.27. The molecule has 5 N–H and O–H groups in total. The maximum Gasteiger partial charge on any atom is 0.227 e. The van der Waals surface area contributed by atoms with Crippen LogP contribution in [0.2, 0.25) is 0 Å². The summed E-state index contributed by atoms with van der Waals surface area (Å²) in [5, 5.41) is 9.56. The van der Waals surface area contributed by atoms with Gasteiger partial charge < -0.3 is 21.3 Å². The monoisotopic (exact) mass is 320 g/mol. The molecule has 1 amide bonds. The van der Waals surface area contributed by atoms with Crippen molar-refractivity contribution in [2.75, 3.05) is 29.0 Å². The van der Waals surface area contributed by atoms with Gasteiger partial charge in [0.1, 0.15) is 0 Å². The van der Waals surface area contributed by atoms with Crippen LogP contribution in [-0.2, 0) is 4.79 Å². The maximum absolute atomic E-state index is 11.2. The van der Waals surface area contributed by atoms with E-state index < -0.39 is 0 Å². The second-order valence-corrected chi connectivity index (χ2v) is 6.72. The minimum absolute atomic E-state index is 0.0560. The first-order valence-electron chi connectivity index (χ1n) is 7.55. The highest BCUT2D eigenvalue weighted by Crippen LogP contribution is 2.34. The van der Waals surface area contributed by atoms with Crippen molar-refractivity contribution in [1.82, 2.24) is 15.3 Å². The number of nitrogen functional groups attached to an aromatic ring is 1. The van der Waals surface area contributed by atoms with Crippen LogP contribution in [0.25, 0.3) is 0 Å². The Bertz CT molecular complexity index is 610. The lowest BCUT2D eigenvalue weighted by atomic mass is 10.1. The Hall–Kier alpha value is -2.45. The minimum Gasteiger partial charge on any atom is -0.382 e. The van der Waals surface area contributed by atoms with Crippen LogP contribution in [0.1, 0.15) is 34.1 Å². The van der Waals surface area contributed by atoms with Crippen LogP contribution < -0.4 is 21.3 Å². The fourth-order valence-corrected chi connectivity index (χ4v) is 2.54. The van der Waals surface area contributed by atoms with Crippen molar-refractivity contribution in [2.24, 2.45) is 5.11 Å². The van der Waals surface area contributed by atoms with Gasteiger partial charge in [-0.3, -0.25) is 4.79 Å². The number of hydrogen-bond acceptors (Lipinski definition) is 8. The molecular formula is C14H24N8O. The van der Waals surface area contributed by atoms with Crippen molar-refractivity contribution in [2.45, 2.75) is 45.7 Å². The summed E-state index contributed by atoms with van der Waals surface area (Å²) >= 11 is 0. The molecule has 23 heavy (non-hydrogen) atoms. The van der Waals surface area contributed by atoms with E-state index in [1.54, 1.807) is 0 Å². The summed E-state index contributed by atoms with van der Waals surface area (Å²) in [5.74, 6) is 1.03. The number of nitrogens with zero attached hydrogens (tertiary/aromatic N) is 4. The van der Waals surface area contributed by atoms with Gasteiger partial charge in [0.15, 0.2) is 17.3 Å². The summed E-state index contributed by atoms with van der Waals surface area (Å²) in [4.78, 5) is 21.8. The fraction of sp³-hybridized carbons (Fsp3) is 0.643. The molecule has 0 unspecified atom stereocenters. The molecule has 0 radical (unpaired) electrons. The Labute approximate surface area is 135 Å². The average molecular weight is 320 g/mol. The number of nitrogens with two attached hydrogens (primary N) is 1. The van der Waals surface area contributed by atoms with E-state index in [0.717, 1.165) is 6.42 Å². The van der Waals surface area contributed by atoms with Crippen LogP contribution >= 0.6 is 0 Å². The Morgan fingerprint density at radius 2 is 2.13 bits per heavy atom. The molecule has 1 atom stereocenters. The molecule has 0 bridgehead atoms. The molecule has 0 saturated carbocycles. The van der Waals surface area contributed by atoms with Gasteiger partial charge in [0.25, 0.3) is 0 Å². The molecule has 126 valence electrons. The molecule has 1 aliphatic heterocycles. The van der Waals surface area contributed by atoms with Gasteiger partial charge in [-0.2, -0.15) is 15.1 Å². The predicted octanol–water partition coefficient (Wildman–Crippen LogP) is 1.65. The summed E-state index contributed by atoms with van der Waals surface area (Å²) in [6.45, 7) is 8.81. The van der Waals surface area contributed by atoms with E-state index in [-0.39, 0.29) is 29.0 Å². The highest BCUT2D eigenvalue weighted by molar-refractivity contribution is 5.76. The highest BCUT2D eigenvalue weighted by atomic mass is 16.1.